The lowest BCUT2D eigenvalue weighted by Crippen LogP contribution is -2.27. The fraction of sp³-hybridized carbons (Fsp3) is 1.00. The molecule has 1 fully saturated rings. The van der Waals surface area contributed by atoms with Crippen LogP contribution in [0.4, 0.5) is 0 Å². The Morgan fingerprint density at radius 1 is 0.765 bits per heavy atom. The van der Waals surface area contributed by atoms with Crippen molar-refractivity contribution in [3.05, 3.63) is 31.3 Å². The lowest BCUT2D eigenvalue weighted by Gasteiger charge is -2.10. The Labute approximate surface area is 95.2 Å². The van der Waals surface area contributed by atoms with Crippen LogP contribution in [0.3, 0.4) is 0 Å². The quantitative estimate of drug-likeness (QED) is 0.393. The Kier molecular flexibility index (Phi) is 5.45. The number of nitrogens with zero attached hydrogens (tertiary/aromatic N) is 9. The molecule has 0 N–H and O–H groups in total. The highest BCUT2D eigenvalue weighted by Crippen LogP contribution is 2.20. The molecule has 1 aliphatic rings. The monoisotopic (exact) mass is 239 g/mol. The van der Waals surface area contributed by atoms with Crippen molar-refractivity contribution in [1.29, 1.82) is 0 Å². The highest BCUT2D eigenvalue weighted by Gasteiger charge is 2.34. The van der Waals surface area contributed by atoms with E-state index in [2.05, 4.69) is 30.1 Å². The largest absolute Gasteiger partial charge is 0.346 e. The van der Waals surface area contributed by atoms with Gasteiger partial charge in [0, 0.05) is 14.7 Å². The van der Waals surface area contributed by atoms with Crippen LogP contribution in [0, 0.1) is 0 Å². The maximum atomic E-state index is 8.21. The first kappa shape index (κ1) is 12.9. The van der Waals surface area contributed by atoms with Gasteiger partial charge < -0.3 is 9.47 Å². The Morgan fingerprint density at radius 2 is 1.18 bits per heavy atom. The molecule has 90 valence electrons. The van der Waals surface area contributed by atoms with Crippen LogP contribution in [-0.4, -0.2) is 38.1 Å². The molecule has 11 nitrogen and oxygen atoms in total. The van der Waals surface area contributed by atoms with E-state index in [1.807, 2.05) is 0 Å². The predicted molar refractivity (Wildman–Crippen MR) is 55.6 cm³/mol. The SMILES string of the molecule is [N-]=[N+]=NCC1OC(CN=[N+]=[N-])C(CN=[N+]=[N-])O1. The summed E-state index contributed by atoms with van der Waals surface area (Å²) >= 11 is 0. The third-order valence-corrected chi connectivity index (χ3v) is 2.01. The molecule has 11 heteroatoms. The van der Waals surface area contributed by atoms with Gasteiger partial charge in [-0.25, -0.2) is 0 Å². The molecule has 1 rings (SSSR count). The Morgan fingerprint density at radius 3 is 1.59 bits per heavy atom. The molecule has 0 aromatic rings. The fourth-order valence-electron chi connectivity index (χ4n) is 1.34. The van der Waals surface area contributed by atoms with E-state index in [1.54, 1.807) is 0 Å². The standard InChI is InChI=1S/C6H9N9O2/c7-13-10-1-4-5(2-11-14-8)17-6(16-4)3-12-15-9/h4-6H,1-3H2. The van der Waals surface area contributed by atoms with Crippen LogP contribution in [0.2, 0.25) is 0 Å². The van der Waals surface area contributed by atoms with Crippen LogP contribution in [0.5, 0.6) is 0 Å². The molecule has 1 heterocycles. The molecule has 0 aliphatic carbocycles. The van der Waals surface area contributed by atoms with Gasteiger partial charge in [-0.15, -0.1) is 0 Å². The highest BCUT2D eigenvalue weighted by molar-refractivity contribution is 4.82. The third-order valence-electron chi connectivity index (χ3n) is 2.01. The van der Waals surface area contributed by atoms with Gasteiger partial charge in [-0.1, -0.05) is 15.3 Å². The number of hydrogen-bond donors (Lipinski definition) is 0. The topological polar surface area (TPSA) is 165 Å². The van der Waals surface area contributed by atoms with Crippen molar-refractivity contribution in [2.75, 3.05) is 19.6 Å². The van der Waals surface area contributed by atoms with Crippen molar-refractivity contribution in [2.45, 2.75) is 18.5 Å². The van der Waals surface area contributed by atoms with E-state index >= 15 is 0 Å². The molecule has 0 bridgehead atoms. The van der Waals surface area contributed by atoms with E-state index in [0.717, 1.165) is 0 Å². The molecule has 1 aliphatic heterocycles. The first-order valence-electron chi connectivity index (χ1n) is 4.65. The fourth-order valence-corrected chi connectivity index (χ4v) is 1.34. The van der Waals surface area contributed by atoms with E-state index in [4.69, 9.17) is 26.1 Å². The van der Waals surface area contributed by atoms with Gasteiger partial charge in [-0.05, 0) is 16.6 Å². The summed E-state index contributed by atoms with van der Waals surface area (Å²) in [5, 5.41) is 10.0. The minimum absolute atomic E-state index is 0.00996. The molecule has 1 saturated heterocycles. The molecule has 0 radical (unpaired) electrons. The van der Waals surface area contributed by atoms with Crippen LogP contribution in [0.25, 0.3) is 31.3 Å². The molecule has 0 saturated carbocycles. The molecular formula is C6H9N9O2. The molecule has 0 aromatic heterocycles. The lowest BCUT2D eigenvalue weighted by atomic mass is 10.2. The summed E-state index contributed by atoms with van der Waals surface area (Å²) in [5.41, 5.74) is 24.6. The van der Waals surface area contributed by atoms with E-state index in [1.165, 1.54) is 0 Å². The minimum Gasteiger partial charge on any atom is -0.346 e. The first-order valence-corrected chi connectivity index (χ1v) is 4.65. The first-order chi connectivity index (χ1) is 8.31. The second-order valence-corrected chi connectivity index (χ2v) is 3.02. The van der Waals surface area contributed by atoms with Crippen LogP contribution >= 0.6 is 0 Å². The van der Waals surface area contributed by atoms with Gasteiger partial charge in [0.1, 0.15) is 0 Å². The molecular weight excluding hydrogens is 230 g/mol. The van der Waals surface area contributed by atoms with Gasteiger partial charge in [0.05, 0.1) is 31.8 Å². The average Bonchev–Trinajstić information content (AvgIpc) is 2.73. The number of hydrogen-bond acceptors (Lipinski definition) is 5. The van der Waals surface area contributed by atoms with Crippen molar-refractivity contribution in [3.8, 4) is 0 Å². The number of azide groups is 3. The van der Waals surface area contributed by atoms with Crippen molar-refractivity contribution in [3.63, 3.8) is 0 Å². The summed E-state index contributed by atoms with van der Waals surface area (Å²) in [7, 11) is 0. The molecule has 0 aromatic carbocycles. The van der Waals surface area contributed by atoms with E-state index in [-0.39, 0.29) is 19.6 Å². The summed E-state index contributed by atoms with van der Waals surface area (Å²) in [4.78, 5) is 7.78. The highest BCUT2D eigenvalue weighted by atomic mass is 16.7. The normalized spacial score (nSPS) is 26.5. The van der Waals surface area contributed by atoms with Crippen molar-refractivity contribution >= 4 is 0 Å². The zero-order chi connectivity index (χ0) is 12.5. The van der Waals surface area contributed by atoms with Crippen molar-refractivity contribution in [1.82, 2.24) is 0 Å². The molecule has 17 heavy (non-hydrogen) atoms. The molecule has 2 atom stereocenters. The average molecular weight is 239 g/mol. The second-order valence-electron chi connectivity index (χ2n) is 3.02. The second kappa shape index (κ2) is 7.18. The lowest BCUT2D eigenvalue weighted by molar-refractivity contribution is -0.0557. The Bertz CT molecular complexity index is 364. The van der Waals surface area contributed by atoms with Crippen molar-refractivity contribution < 1.29 is 9.47 Å². The third kappa shape index (κ3) is 4.07. The minimum atomic E-state index is -0.705. The smallest absolute Gasteiger partial charge is 0.164 e. The Hall–Kier alpha value is -2.15. The van der Waals surface area contributed by atoms with Gasteiger partial charge in [0.2, 0.25) is 0 Å². The van der Waals surface area contributed by atoms with Gasteiger partial charge in [0.25, 0.3) is 0 Å². The zero-order valence-corrected chi connectivity index (χ0v) is 8.69. The van der Waals surface area contributed by atoms with E-state index < -0.39 is 18.5 Å². The number of rotatable bonds is 6. The summed E-state index contributed by atoms with van der Waals surface area (Å²) < 4.78 is 10.7. The van der Waals surface area contributed by atoms with Gasteiger partial charge in [0.15, 0.2) is 6.29 Å². The van der Waals surface area contributed by atoms with Crippen LogP contribution in [-0.2, 0) is 9.47 Å². The summed E-state index contributed by atoms with van der Waals surface area (Å²) in [6, 6.07) is 0. The molecule has 0 spiro atoms. The van der Waals surface area contributed by atoms with Crippen LogP contribution < -0.4 is 0 Å². The summed E-state index contributed by atoms with van der Waals surface area (Å²) in [5.74, 6) is 0. The summed E-state index contributed by atoms with van der Waals surface area (Å²) in [6.07, 6.45) is -1.71. The van der Waals surface area contributed by atoms with Crippen LogP contribution in [0.15, 0.2) is 15.3 Å². The molecule has 0 amide bonds. The zero-order valence-electron chi connectivity index (χ0n) is 8.69. The Balaban J connectivity index is 2.59. The van der Waals surface area contributed by atoms with Gasteiger partial charge in [-0.3, -0.25) is 0 Å². The van der Waals surface area contributed by atoms with Crippen LogP contribution in [0.1, 0.15) is 0 Å². The summed E-state index contributed by atoms with van der Waals surface area (Å²) in [6.45, 7) is 0.139. The maximum Gasteiger partial charge on any atom is 0.164 e. The van der Waals surface area contributed by atoms with Crippen molar-refractivity contribution in [2.24, 2.45) is 15.3 Å². The molecule has 2 unspecified atom stereocenters. The predicted octanol–water partition coefficient (Wildman–Crippen LogP) is 2.03. The number of ether oxygens (including phenoxy) is 2. The van der Waals surface area contributed by atoms with E-state index in [9.17, 15) is 0 Å². The maximum absolute atomic E-state index is 8.21. The van der Waals surface area contributed by atoms with Gasteiger partial charge in [-0.2, -0.15) is 0 Å². The van der Waals surface area contributed by atoms with Gasteiger partial charge >= 0.3 is 0 Å². The van der Waals surface area contributed by atoms with E-state index in [0.29, 0.717) is 0 Å².